The Morgan fingerprint density at radius 2 is 2.05 bits per heavy atom. The van der Waals surface area contributed by atoms with Gasteiger partial charge in [-0.3, -0.25) is 0 Å². The fourth-order valence-corrected chi connectivity index (χ4v) is 4.12. The van der Waals surface area contributed by atoms with Crippen molar-refractivity contribution < 1.29 is 13.2 Å². The van der Waals surface area contributed by atoms with Gasteiger partial charge in [0.05, 0.1) is 17.3 Å². The number of hydrogen-bond donors (Lipinski definition) is 1. The van der Waals surface area contributed by atoms with Crippen molar-refractivity contribution in [1.82, 2.24) is 5.32 Å². The maximum Gasteiger partial charge on any atom is 0.180 e. The molecule has 0 aliphatic carbocycles. The molecule has 4 nitrogen and oxygen atoms in total. The standard InChI is InChI=1S/C15H23NO3S/c1-12(2)7-9-19-10-8-16-14-11-20(17,18)15-6-4-3-5-13(14)15/h3-6,12,14,16H,7-11H2,1-2H3. The first-order chi connectivity index (χ1) is 9.50. The molecule has 1 heterocycles. The van der Waals surface area contributed by atoms with Crippen LogP contribution in [0.4, 0.5) is 0 Å². The van der Waals surface area contributed by atoms with Crippen molar-refractivity contribution >= 4 is 9.84 Å². The van der Waals surface area contributed by atoms with Crippen LogP contribution in [0.15, 0.2) is 29.2 Å². The molecular formula is C15H23NO3S. The molecule has 1 aromatic carbocycles. The number of sulfone groups is 1. The summed E-state index contributed by atoms with van der Waals surface area (Å²) in [6, 6.07) is 7.12. The van der Waals surface area contributed by atoms with E-state index in [-0.39, 0.29) is 11.8 Å². The minimum Gasteiger partial charge on any atom is -0.380 e. The molecule has 0 saturated carbocycles. The average Bonchev–Trinajstić information content (AvgIpc) is 2.66. The van der Waals surface area contributed by atoms with Crippen molar-refractivity contribution in [3.05, 3.63) is 29.8 Å². The summed E-state index contributed by atoms with van der Waals surface area (Å²) in [5.41, 5.74) is 0.884. The van der Waals surface area contributed by atoms with Crippen LogP contribution in [-0.2, 0) is 14.6 Å². The van der Waals surface area contributed by atoms with Crippen molar-refractivity contribution in [2.45, 2.75) is 31.2 Å². The summed E-state index contributed by atoms with van der Waals surface area (Å²) in [7, 11) is -3.12. The first-order valence-electron chi connectivity index (χ1n) is 7.13. The monoisotopic (exact) mass is 297 g/mol. The molecule has 0 aromatic heterocycles. The van der Waals surface area contributed by atoms with Crippen LogP contribution in [0.1, 0.15) is 31.9 Å². The molecule has 1 aromatic rings. The van der Waals surface area contributed by atoms with Gasteiger partial charge in [-0.2, -0.15) is 0 Å². The van der Waals surface area contributed by atoms with E-state index >= 15 is 0 Å². The second-order valence-corrected chi connectivity index (χ2v) is 7.62. The van der Waals surface area contributed by atoms with Crippen LogP contribution in [0.2, 0.25) is 0 Å². The topological polar surface area (TPSA) is 55.4 Å². The van der Waals surface area contributed by atoms with E-state index < -0.39 is 9.84 Å². The minimum absolute atomic E-state index is 0.107. The lowest BCUT2D eigenvalue weighted by molar-refractivity contribution is 0.124. The van der Waals surface area contributed by atoms with Crippen LogP contribution in [0, 0.1) is 5.92 Å². The van der Waals surface area contributed by atoms with Crippen LogP contribution in [0.3, 0.4) is 0 Å². The Kier molecular flexibility index (Phi) is 5.18. The van der Waals surface area contributed by atoms with Gasteiger partial charge in [-0.25, -0.2) is 8.42 Å². The SMILES string of the molecule is CC(C)CCOCCNC1CS(=O)(=O)c2ccccc21. The Bertz CT molecular complexity index is 540. The van der Waals surface area contributed by atoms with Crippen LogP contribution >= 0.6 is 0 Å². The highest BCUT2D eigenvalue weighted by Crippen LogP contribution is 2.32. The van der Waals surface area contributed by atoms with Gasteiger partial charge < -0.3 is 10.1 Å². The van der Waals surface area contributed by atoms with Crippen molar-refractivity contribution in [2.24, 2.45) is 5.92 Å². The van der Waals surface area contributed by atoms with E-state index in [1.54, 1.807) is 12.1 Å². The van der Waals surface area contributed by atoms with E-state index in [0.29, 0.717) is 24.0 Å². The van der Waals surface area contributed by atoms with Crippen molar-refractivity contribution in [1.29, 1.82) is 0 Å². The molecule has 0 spiro atoms. The van der Waals surface area contributed by atoms with Gasteiger partial charge >= 0.3 is 0 Å². The summed E-state index contributed by atoms with van der Waals surface area (Å²) in [4.78, 5) is 0.471. The van der Waals surface area contributed by atoms with E-state index in [0.717, 1.165) is 18.6 Å². The van der Waals surface area contributed by atoms with Gasteiger partial charge in [0.2, 0.25) is 0 Å². The molecular weight excluding hydrogens is 274 g/mol. The molecule has 5 heteroatoms. The molecule has 20 heavy (non-hydrogen) atoms. The van der Waals surface area contributed by atoms with Crippen LogP contribution < -0.4 is 5.32 Å². The zero-order valence-corrected chi connectivity index (χ0v) is 12.9. The Balaban J connectivity index is 1.81. The van der Waals surface area contributed by atoms with Crippen LogP contribution in [0.25, 0.3) is 0 Å². The predicted octanol–water partition coefficient (Wildman–Crippen LogP) is 2.17. The summed E-state index contributed by atoms with van der Waals surface area (Å²) in [6.07, 6.45) is 1.06. The summed E-state index contributed by atoms with van der Waals surface area (Å²) in [6.45, 7) is 6.39. The Morgan fingerprint density at radius 3 is 2.80 bits per heavy atom. The van der Waals surface area contributed by atoms with E-state index in [2.05, 4.69) is 19.2 Å². The largest absolute Gasteiger partial charge is 0.380 e. The molecule has 0 bridgehead atoms. The zero-order chi connectivity index (χ0) is 14.6. The van der Waals surface area contributed by atoms with Gasteiger partial charge in [0.25, 0.3) is 0 Å². The Morgan fingerprint density at radius 1 is 1.30 bits per heavy atom. The van der Waals surface area contributed by atoms with Gasteiger partial charge in [0.15, 0.2) is 9.84 Å². The molecule has 1 unspecified atom stereocenters. The normalized spacial score (nSPS) is 20.2. The quantitative estimate of drug-likeness (QED) is 0.784. The number of hydrogen-bond acceptors (Lipinski definition) is 4. The second-order valence-electron chi connectivity index (χ2n) is 5.62. The molecule has 1 N–H and O–H groups in total. The maximum absolute atomic E-state index is 12.0. The Labute approximate surface area is 121 Å². The third-order valence-electron chi connectivity index (χ3n) is 3.49. The Hall–Kier alpha value is -0.910. The zero-order valence-electron chi connectivity index (χ0n) is 12.1. The summed E-state index contributed by atoms with van der Waals surface area (Å²) >= 11 is 0. The van der Waals surface area contributed by atoms with Crippen molar-refractivity contribution in [3.8, 4) is 0 Å². The molecule has 1 aliphatic heterocycles. The maximum atomic E-state index is 12.0. The van der Waals surface area contributed by atoms with Crippen molar-refractivity contribution in [3.63, 3.8) is 0 Å². The average molecular weight is 297 g/mol. The van der Waals surface area contributed by atoms with E-state index in [1.807, 2.05) is 12.1 Å². The number of nitrogens with one attached hydrogen (secondary N) is 1. The predicted molar refractivity (Wildman–Crippen MR) is 79.5 cm³/mol. The van der Waals surface area contributed by atoms with Gasteiger partial charge in [-0.05, 0) is 24.0 Å². The number of fused-ring (bicyclic) bond motifs is 1. The van der Waals surface area contributed by atoms with Gasteiger partial charge in [0, 0.05) is 19.2 Å². The molecule has 2 rings (SSSR count). The summed E-state index contributed by atoms with van der Waals surface area (Å²) < 4.78 is 29.5. The van der Waals surface area contributed by atoms with Gasteiger partial charge in [-0.15, -0.1) is 0 Å². The fraction of sp³-hybridized carbons (Fsp3) is 0.600. The lowest BCUT2D eigenvalue weighted by atomic mass is 10.1. The molecule has 0 saturated heterocycles. The lowest BCUT2D eigenvalue weighted by Crippen LogP contribution is -2.26. The third-order valence-corrected chi connectivity index (χ3v) is 5.31. The smallest absolute Gasteiger partial charge is 0.180 e. The van der Waals surface area contributed by atoms with Crippen LogP contribution in [0.5, 0.6) is 0 Å². The van der Waals surface area contributed by atoms with Crippen molar-refractivity contribution in [2.75, 3.05) is 25.5 Å². The van der Waals surface area contributed by atoms with E-state index in [1.165, 1.54) is 0 Å². The second kappa shape index (κ2) is 6.70. The highest BCUT2D eigenvalue weighted by Gasteiger charge is 2.33. The number of rotatable bonds is 7. The van der Waals surface area contributed by atoms with E-state index in [4.69, 9.17) is 4.74 Å². The highest BCUT2D eigenvalue weighted by atomic mass is 32.2. The first-order valence-corrected chi connectivity index (χ1v) is 8.79. The molecule has 0 radical (unpaired) electrons. The minimum atomic E-state index is -3.12. The molecule has 1 aliphatic rings. The first kappa shape index (κ1) is 15.5. The van der Waals surface area contributed by atoms with Crippen LogP contribution in [-0.4, -0.2) is 33.9 Å². The number of benzene rings is 1. The lowest BCUT2D eigenvalue weighted by Gasteiger charge is -2.13. The number of ether oxygens (including phenoxy) is 1. The molecule has 1 atom stereocenters. The third kappa shape index (κ3) is 3.81. The van der Waals surface area contributed by atoms with E-state index in [9.17, 15) is 8.42 Å². The molecule has 0 amide bonds. The van der Waals surface area contributed by atoms with Gasteiger partial charge in [-0.1, -0.05) is 32.0 Å². The summed E-state index contributed by atoms with van der Waals surface area (Å²) in [5, 5.41) is 3.28. The van der Waals surface area contributed by atoms with Gasteiger partial charge in [0.1, 0.15) is 0 Å². The summed E-state index contributed by atoms with van der Waals surface area (Å²) in [5.74, 6) is 0.799. The molecule has 0 fully saturated rings. The highest BCUT2D eigenvalue weighted by molar-refractivity contribution is 7.91. The fourth-order valence-electron chi connectivity index (χ4n) is 2.35. The molecule has 112 valence electrons.